The third-order valence-corrected chi connectivity index (χ3v) is 5.68. The summed E-state index contributed by atoms with van der Waals surface area (Å²) in [5.41, 5.74) is 0.574. The van der Waals surface area contributed by atoms with Crippen LogP contribution in [0.1, 0.15) is 4.88 Å². The van der Waals surface area contributed by atoms with Crippen LogP contribution < -0.4 is 15.6 Å². The van der Waals surface area contributed by atoms with Gasteiger partial charge in [-0.3, -0.25) is 14.2 Å². The first-order valence-corrected chi connectivity index (χ1v) is 10.0. The Balaban J connectivity index is 1.76. The number of fused-ring (bicyclic) bond motifs is 1. The molecule has 1 N–H and O–H groups in total. The Morgan fingerprint density at radius 1 is 1.41 bits per heavy atom. The van der Waals surface area contributed by atoms with Gasteiger partial charge in [0, 0.05) is 17.1 Å². The van der Waals surface area contributed by atoms with Crippen molar-refractivity contribution in [2.24, 2.45) is 0 Å². The molecular formula is C19H19N3O3S2. The Morgan fingerprint density at radius 3 is 2.81 bits per heavy atom. The maximum absolute atomic E-state index is 12.7. The number of nitrogens with one attached hydrogen (secondary N) is 1. The van der Waals surface area contributed by atoms with Gasteiger partial charge in [0.2, 0.25) is 5.91 Å². The van der Waals surface area contributed by atoms with Gasteiger partial charge in [0.25, 0.3) is 5.56 Å². The predicted octanol–water partition coefficient (Wildman–Crippen LogP) is 3.69. The molecule has 0 saturated carbocycles. The summed E-state index contributed by atoms with van der Waals surface area (Å²) in [5.74, 6) is 0.692. The number of benzene rings is 1. The van der Waals surface area contributed by atoms with Crippen molar-refractivity contribution >= 4 is 44.9 Å². The summed E-state index contributed by atoms with van der Waals surface area (Å²) in [7, 11) is 1.59. The van der Waals surface area contributed by atoms with E-state index in [4.69, 9.17) is 4.74 Å². The molecule has 0 atom stereocenters. The topological polar surface area (TPSA) is 73.2 Å². The monoisotopic (exact) mass is 401 g/mol. The van der Waals surface area contributed by atoms with E-state index in [-0.39, 0.29) is 17.2 Å². The third-order valence-electron chi connectivity index (χ3n) is 3.76. The second-order valence-electron chi connectivity index (χ2n) is 5.74. The van der Waals surface area contributed by atoms with E-state index in [0.29, 0.717) is 27.6 Å². The average molecular weight is 402 g/mol. The van der Waals surface area contributed by atoms with Crippen LogP contribution in [0.15, 0.2) is 52.9 Å². The number of allylic oxidation sites excluding steroid dienone is 1. The molecule has 2 heterocycles. The molecule has 0 aliphatic rings. The number of thioether (sulfide) groups is 1. The normalized spacial score (nSPS) is 10.7. The summed E-state index contributed by atoms with van der Waals surface area (Å²) in [4.78, 5) is 31.3. The Kier molecular flexibility index (Phi) is 5.98. The quantitative estimate of drug-likeness (QED) is 0.371. The lowest BCUT2D eigenvalue weighted by Crippen LogP contribution is -2.23. The largest absolute Gasteiger partial charge is 0.497 e. The molecule has 3 aromatic rings. The molecule has 2 aromatic heterocycles. The summed E-state index contributed by atoms with van der Waals surface area (Å²) in [6.07, 6.45) is 1.65. The molecule has 0 aliphatic heterocycles. The van der Waals surface area contributed by atoms with E-state index in [1.807, 2.05) is 13.0 Å². The highest BCUT2D eigenvalue weighted by Gasteiger charge is 2.14. The fourth-order valence-electron chi connectivity index (χ4n) is 2.52. The van der Waals surface area contributed by atoms with Gasteiger partial charge in [0.1, 0.15) is 10.6 Å². The number of thiophene rings is 1. The van der Waals surface area contributed by atoms with E-state index >= 15 is 0 Å². The van der Waals surface area contributed by atoms with Crippen molar-refractivity contribution in [2.75, 3.05) is 18.2 Å². The minimum absolute atomic E-state index is 0.109. The van der Waals surface area contributed by atoms with Crippen LogP contribution in [-0.2, 0) is 11.3 Å². The molecule has 0 radical (unpaired) electrons. The van der Waals surface area contributed by atoms with Gasteiger partial charge < -0.3 is 10.1 Å². The summed E-state index contributed by atoms with van der Waals surface area (Å²) >= 11 is 2.71. The highest BCUT2D eigenvalue weighted by molar-refractivity contribution is 7.99. The second kappa shape index (κ2) is 8.41. The maximum atomic E-state index is 12.7. The van der Waals surface area contributed by atoms with E-state index in [2.05, 4.69) is 16.9 Å². The smallest absolute Gasteiger partial charge is 0.263 e. The van der Waals surface area contributed by atoms with Crippen LogP contribution in [0.5, 0.6) is 5.75 Å². The van der Waals surface area contributed by atoms with E-state index in [0.717, 1.165) is 10.6 Å². The number of hydrogen-bond acceptors (Lipinski definition) is 6. The summed E-state index contributed by atoms with van der Waals surface area (Å²) in [6, 6.07) is 8.94. The van der Waals surface area contributed by atoms with Crippen molar-refractivity contribution in [3.05, 3.63) is 58.2 Å². The summed E-state index contributed by atoms with van der Waals surface area (Å²) in [5, 5.41) is 3.94. The van der Waals surface area contributed by atoms with Gasteiger partial charge >= 0.3 is 0 Å². The molecule has 0 fully saturated rings. The van der Waals surface area contributed by atoms with E-state index in [1.54, 1.807) is 42.0 Å². The van der Waals surface area contributed by atoms with Crippen molar-refractivity contribution in [1.82, 2.24) is 9.55 Å². The molecule has 27 heavy (non-hydrogen) atoms. The number of amides is 1. The molecule has 0 aliphatic carbocycles. The van der Waals surface area contributed by atoms with Crippen molar-refractivity contribution in [1.29, 1.82) is 0 Å². The second-order valence-corrected chi connectivity index (χ2v) is 7.92. The van der Waals surface area contributed by atoms with Crippen LogP contribution in [0.3, 0.4) is 0 Å². The molecule has 0 unspecified atom stereocenters. The SMILES string of the molecule is C=CCn1c(SCC(=O)Nc2ccc(OC)cc2)nc2sc(C)cc2c1=O. The molecular weight excluding hydrogens is 382 g/mol. The van der Waals surface area contributed by atoms with Gasteiger partial charge in [-0.05, 0) is 37.3 Å². The fraction of sp³-hybridized carbons (Fsp3) is 0.211. The van der Waals surface area contributed by atoms with Crippen LogP contribution in [0.25, 0.3) is 10.2 Å². The molecule has 0 saturated heterocycles. The van der Waals surface area contributed by atoms with Crippen LogP contribution in [-0.4, -0.2) is 28.3 Å². The van der Waals surface area contributed by atoms with Gasteiger partial charge in [0.05, 0.1) is 18.2 Å². The molecule has 1 amide bonds. The average Bonchev–Trinajstić information content (AvgIpc) is 3.04. The lowest BCUT2D eigenvalue weighted by Gasteiger charge is -2.10. The first-order valence-electron chi connectivity index (χ1n) is 8.20. The lowest BCUT2D eigenvalue weighted by atomic mass is 10.3. The number of ether oxygens (including phenoxy) is 1. The van der Waals surface area contributed by atoms with Crippen molar-refractivity contribution in [2.45, 2.75) is 18.6 Å². The molecule has 0 bridgehead atoms. The Labute approximate surface area is 164 Å². The lowest BCUT2D eigenvalue weighted by molar-refractivity contribution is -0.113. The Morgan fingerprint density at radius 2 is 2.15 bits per heavy atom. The van der Waals surface area contributed by atoms with Gasteiger partial charge in [0.15, 0.2) is 5.16 Å². The zero-order valence-corrected chi connectivity index (χ0v) is 16.7. The number of carbonyl (C=O) groups excluding carboxylic acids is 1. The predicted molar refractivity (Wildman–Crippen MR) is 111 cm³/mol. The van der Waals surface area contributed by atoms with Gasteiger partial charge in [-0.2, -0.15) is 0 Å². The highest BCUT2D eigenvalue weighted by atomic mass is 32.2. The Hall–Kier alpha value is -2.58. The number of anilines is 1. The van der Waals surface area contributed by atoms with Gasteiger partial charge in [-0.25, -0.2) is 4.98 Å². The van der Waals surface area contributed by atoms with Crippen molar-refractivity contribution < 1.29 is 9.53 Å². The maximum Gasteiger partial charge on any atom is 0.263 e. The number of aryl methyl sites for hydroxylation is 1. The van der Waals surface area contributed by atoms with E-state index in [1.165, 1.54) is 23.1 Å². The van der Waals surface area contributed by atoms with Crippen molar-refractivity contribution in [3.63, 3.8) is 0 Å². The zero-order chi connectivity index (χ0) is 19.4. The van der Waals surface area contributed by atoms with E-state index in [9.17, 15) is 9.59 Å². The fourth-order valence-corrected chi connectivity index (χ4v) is 4.25. The van der Waals surface area contributed by atoms with Crippen molar-refractivity contribution in [3.8, 4) is 5.75 Å². The minimum Gasteiger partial charge on any atom is -0.497 e. The Bertz CT molecular complexity index is 1040. The van der Waals surface area contributed by atoms with Crippen LogP contribution >= 0.6 is 23.1 Å². The van der Waals surface area contributed by atoms with E-state index < -0.39 is 0 Å². The van der Waals surface area contributed by atoms with Gasteiger partial charge in [-0.1, -0.05) is 17.8 Å². The third kappa shape index (κ3) is 4.40. The molecule has 8 heteroatoms. The molecule has 3 rings (SSSR count). The number of aromatic nitrogens is 2. The highest BCUT2D eigenvalue weighted by Crippen LogP contribution is 2.24. The number of methoxy groups -OCH3 is 1. The number of nitrogens with zero attached hydrogens (tertiary/aromatic N) is 2. The standard InChI is InChI=1S/C19H19N3O3S2/c1-4-9-22-18(24)15-10-12(2)27-17(15)21-19(22)26-11-16(23)20-13-5-7-14(25-3)8-6-13/h4-8,10H,1,9,11H2,2-3H3,(H,20,23). The first-order chi connectivity index (χ1) is 13.0. The van der Waals surface area contributed by atoms with Crippen LogP contribution in [0.2, 0.25) is 0 Å². The first kappa shape index (κ1) is 19.2. The number of rotatable bonds is 7. The molecule has 6 nitrogen and oxygen atoms in total. The molecule has 0 spiro atoms. The van der Waals surface area contributed by atoms with Gasteiger partial charge in [-0.15, -0.1) is 17.9 Å². The van der Waals surface area contributed by atoms with Crippen LogP contribution in [0, 0.1) is 6.92 Å². The summed E-state index contributed by atoms with van der Waals surface area (Å²) in [6.45, 7) is 5.99. The number of carbonyl (C=O) groups is 1. The minimum atomic E-state index is -0.174. The summed E-state index contributed by atoms with van der Waals surface area (Å²) < 4.78 is 6.65. The molecule has 1 aromatic carbocycles. The number of hydrogen-bond donors (Lipinski definition) is 1. The zero-order valence-electron chi connectivity index (χ0n) is 15.0. The van der Waals surface area contributed by atoms with Crippen LogP contribution in [0.4, 0.5) is 5.69 Å². The molecule has 140 valence electrons.